The minimum absolute atomic E-state index is 0.102. The summed E-state index contributed by atoms with van der Waals surface area (Å²) >= 11 is 8.85. The van der Waals surface area contributed by atoms with E-state index in [9.17, 15) is 4.79 Å². The molecule has 2 N–H and O–H groups in total. The van der Waals surface area contributed by atoms with Crippen LogP contribution in [0, 0.1) is 5.92 Å². The molecule has 0 atom stereocenters. The van der Waals surface area contributed by atoms with Crippen LogP contribution in [-0.2, 0) is 4.79 Å². The number of carbonyl (C=O) groups excluding carboxylic acids is 1. The number of thiazole rings is 1. The third-order valence-electron chi connectivity index (χ3n) is 6.06. The van der Waals surface area contributed by atoms with Crippen LogP contribution in [0.1, 0.15) is 32.6 Å². The molecule has 1 saturated carbocycles. The molecule has 190 valence electrons. The van der Waals surface area contributed by atoms with Gasteiger partial charge < -0.3 is 10.2 Å². The molecule has 12 heteroatoms. The second-order valence-corrected chi connectivity index (χ2v) is 11.6. The van der Waals surface area contributed by atoms with Gasteiger partial charge in [0, 0.05) is 42.7 Å². The lowest BCUT2D eigenvalue weighted by Crippen LogP contribution is -2.47. The highest BCUT2D eigenvalue weighted by Crippen LogP contribution is 2.32. The van der Waals surface area contributed by atoms with Crippen LogP contribution in [0.5, 0.6) is 0 Å². The number of rotatable bonds is 10. The number of piperazine rings is 1. The monoisotopic (exact) mass is 544 g/mol. The molecule has 0 bridgehead atoms. The van der Waals surface area contributed by atoms with E-state index >= 15 is 0 Å². The number of hydrogen-bond acceptors (Lipinski definition) is 10. The summed E-state index contributed by atoms with van der Waals surface area (Å²) in [5.41, 5.74) is 0.802. The Hall–Kier alpha value is -2.47. The smallest absolute Gasteiger partial charge is 0.234 e. The molecule has 36 heavy (non-hydrogen) atoms. The number of unbranched alkanes of at least 4 members (excludes halogenated alkanes) is 1. The van der Waals surface area contributed by atoms with Crippen molar-refractivity contribution in [2.24, 2.45) is 5.92 Å². The van der Waals surface area contributed by atoms with Gasteiger partial charge in [-0.05, 0) is 61.8 Å². The Morgan fingerprint density at radius 2 is 1.92 bits per heavy atom. The van der Waals surface area contributed by atoms with Gasteiger partial charge in [-0.25, -0.2) is 4.98 Å². The van der Waals surface area contributed by atoms with E-state index in [1.165, 1.54) is 35.9 Å². The van der Waals surface area contributed by atoms with Crippen molar-refractivity contribution in [3.05, 3.63) is 34.8 Å². The lowest BCUT2D eigenvalue weighted by atomic mass is 10.2. The molecule has 5 rings (SSSR count). The van der Waals surface area contributed by atoms with Crippen molar-refractivity contribution in [3.63, 3.8) is 0 Å². The van der Waals surface area contributed by atoms with Crippen LogP contribution in [-0.4, -0.2) is 63.5 Å². The van der Waals surface area contributed by atoms with Crippen LogP contribution in [0.15, 0.2) is 40.5 Å². The quantitative estimate of drug-likeness (QED) is 0.359. The Kier molecular flexibility index (Phi) is 8.20. The van der Waals surface area contributed by atoms with Gasteiger partial charge >= 0.3 is 0 Å². The number of carbonyl (C=O) groups is 1. The Balaban J connectivity index is 1.31. The average molecular weight is 545 g/mol. The van der Waals surface area contributed by atoms with Gasteiger partial charge in [-0.15, -0.1) is 0 Å². The molecule has 3 heterocycles. The highest BCUT2D eigenvalue weighted by Gasteiger charge is 2.29. The predicted molar refractivity (Wildman–Crippen MR) is 146 cm³/mol. The van der Waals surface area contributed by atoms with Gasteiger partial charge in [0.1, 0.15) is 4.34 Å². The van der Waals surface area contributed by atoms with E-state index in [4.69, 9.17) is 21.6 Å². The molecular weight excluding hydrogens is 516 g/mol. The molecule has 3 aromatic rings. The molecule has 0 radical (unpaired) electrons. The first-order chi connectivity index (χ1) is 17.6. The highest BCUT2D eigenvalue weighted by molar-refractivity contribution is 7.99. The molecule has 1 saturated heterocycles. The van der Waals surface area contributed by atoms with Crippen LogP contribution in [0.3, 0.4) is 0 Å². The van der Waals surface area contributed by atoms with Gasteiger partial charge in [-0.1, -0.05) is 36.3 Å². The zero-order chi connectivity index (χ0) is 24.9. The largest absolute Gasteiger partial charge is 0.338 e. The maximum atomic E-state index is 12.0. The molecule has 1 amide bonds. The number of amides is 1. The molecule has 2 aliphatic rings. The van der Waals surface area contributed by atoms with Crippen LogP contribution in [0.4, 0.5) is 22.7 Å². The number of aromatic nitrogens is 4. The lowest BCUT2D eigenvalue weighted by molar-refractivity contribution is -0.117. The molecule has 0 unspecified atom stereocenters. The van der Waals surface area contributed by atoms with E-state index in [1.807, 2.05) is 24.3 Å². The molecule has 1 aliphatic heterocycles. The van der Waals surface area contributed by atoms with Gasteiger partial charge in [-0.3, -0.25) is 15.0 Å². The normalized spacial score (nSPS) is 16.2. The molecule has 2 aromatic heterocycles. The molecule has 1 aromatic carbocycles. The number of halogens is 1. The zero-order valence-corrected chi connectivity index (χ0v) is 22.5. The SMILES string of the molecule is CCCCN1CCN(c2nc(Nc3ncc(Cl)s3)nc(Sc3ccc(NC(=O)C4CC4)cc3)n2)CC1. The molecular formula is C24H29ClN8OS2. The van der Waals surface area contributed by atoms with E-state index in [2.05, 4.69) is 37.3 Å². The van der Waals surface area contributed by atoms with Gasteiger partial charge in [0.2, 0.25) is 17.8 Å². The van der Waals surface area contributed by atoms with Crippen molar-refractivity contribution in [3.8, 4) is 0 Å². The van der Waals surface area contributed by atoms with Crippen LogP contribution in [0.2, 0.25) is 4.34 Å². The average Bonchev–Trinajstić information content (AvgIpc) is 3.66. The fourth-order valence-electron chi connectivity index (χ4n) is 3.85. The number of anilines is 4. The van der Waals surface area contributed by atoms with E-state index in [-0.39, 0.29) is 11.8 Å². The summed E-state index contributed by atoms with van der Waals surface area (Å²) in [7, 11) is 0. The third-order valence-corrected chi connectivity index (χ3v) is 7.96. The van der Waals surface area contributed by atoms with Crippen molar-refractivity contribution in [1.82, 2.24) is 24.8 Å². The molecule has 0 spiro atoms. The Labute approximate surface area is 224 Å². The maximum absolute atomic E-state index is 12.0. The van der Waals surface area contributed by atoms with Gasteiger partial charge in [0.25, 0.3) is 0 Å². The minimum Gasteiger partial charge on any atom is -0.338 e. The molecule has 2 fully saturated rings. The summed E-state index contributed by atoms with van der Waals surface area (Å²) in [6, 6.07) is 7.77. The number of benzene rings is 1. The van der Waals surface area contributed by atoms with Crippen molar-refractivity contribution in [2.45, 2.75) is 42.7 Å². The predicted octanol–water partition coefficient (Wildman–Crippen LogP) is 5.15. The van der Waals surface area contributed by atoms with Crippen molar-refractivity contribution >= 4 is 63.3 Å². The first-order valence-electron chi connectivity index (χ1n) is 12.3. The van der Waals surface area contributed by atoms with E-state index < -0.39 is 0 Å². The number of hydrogen-bond donors (Lipinski definition) is 2. The van der Waals surface area contributed by atoms with E-state index in [0.29, 0.717) is 26.5 Å². The van der Waals surface area contributed by atoms with Crippen molar-refractivity contribution in [1.29, 1.82) is 0 Å². The van der Waals surface area contributed by atoms with Crippen molar-refractivity contribution in [2.75, 3.05) is 48.3 Å². The topological polar surface area (TPSA) is 99.2 Å². The second kappa shape index (κ2) is 11.7. The lowest BCUT2D eigenvalue weighted by Gasteiger charge is -2.34. The Bertz CT molecular complexity index is 1180. The van der Waals surface area contributed by atoms with Gasteiger partial charge in [0.15, 0.2) is 10.3 Å². The Morgan fingerprint density at radius 1 is 1.14 bits per heavy atom. The summed E-state index contributed by atoms with van der Waals surface area (Å²) in [6.45, 7) is 7.09. The summed E-state index contributed by atoms with van der Waals surface area (Å²) in [5, 5.41) is 7.38. The zero-order valence-electron chi connectivity index (χ0n) is 20.1. The Morgan fingerprint density at radius 3 is 2.58 bits per heavy atom. The second-order valence-electron chi connectivity index (χ2n) is 8.91. The number of nitrogens with zero attached hydrogens (tertiary/aromatic N) is 6. The van der Waals surface area contributed by atoms with Crippen LogP contribution < -0.4 is 15.5 Å². The summed E-state index contributed by atoms with van der Waals surface area (Å²) in [5.74, 6) is 1.37. The third kappa shape index (κ3) is 6.84. The standard InChI is InChI=1S/C24H29ClN8OS2/c1-2-3-10-32-11-13-33(14-12-32)22-28-21(29-23-26-15-19(25)36-23)30-24(31-22)35-18-8-6-17(7-9-18)27-20(34)16-4-5-16/h6-9,15-16H,2-5,10-14H2,1H3,(H,27,34)(H,26,28,29,30,31). The first-order valence-corrected chi connectivity index (χ1v) is 14.3. The van der Waals surface area contributed by atoms with E-state index in [0.717, 1.165) is 56.1 Å². The fraction of sp³-hybridized carbons (Fsp3) is 0.458. The first kappa shape index (κ1) is 25.2. The number of nitrogens with one attached hydrogen (secondary N) is 2. The minimum atomic E-state index is 0.102. The van der Waals surface area contributed by atoms with Gasteiger partial charge in [0.05, 0.1) is 6.20 Å². The summed E-state index contributed by atoms with van der Waals surface area (Å²) < 4.78 is 0.596. The van der Waals surface area contributed by atoms with E-state index in [1.54, 1.807) is 6.20 Å². The summed E-state index contributed by atoms with van der Waals surface area (Å²) in [4.78, 5) is 36.1. The maximum Gasteiger partial charge on any atom is 0.234 e. The fourth-order valence-corrected chi connectivity index (χ4v) is 5.40. The molecule has 9 nitrogen and oxygen atoms in total. The molecule has 1 aliphatic carbocycles. The van der Waals surface area contributed by atoms with Crippen molar-refractivity contribution < 1.29 is 4.79 Å². The van der Waals surface area contributed by atoms with Gasteiger partial charge in [-0.2, -0.15) is 15.0 Å². The summed E-state index contributed by atoms with van der Waals surface area (Å²) in [6.07, 6.45) is 6.00. The van der Waals surface area contributed by atoms with Crippen LogP contribution in [0.25, 0.3) is 0 Å². The van der Waals surface area contributed by atoms with Crippen LogP contribution >= 0.6 is 34.7 Å². The highest BCUT2D eigenvalue weighted by atomic mass is 35.5.